The molecule has 27 heavy (non-hydrogen) atoms. The van der Waals surface area contributed by atoms with E-state index in [2.05, 4.69) is 15.3 Å². The number of carbonyl (C=O) groups is 1. The van der Waals surface area contributed by atoms with Crippen molar-refractivity contribution in [2.45, 2.75) is 6.54 Å². The molecule has 5 nitrogen and oxygen atoms in total. The highest BCUT2D eigenvalue weighted by atomic mass is 16.5. The number of ether oxygens (including phenoxy) is 1. The summed E-state index contributed by atoms with van der Waals surface area (Å²) < 4.78 is 5.73. The molecule has 4 rings (SSSR count). The summed E-state index contributed by atoms with van der Waals surface area (Å²) in [5, 5.41) is 3.83. The van der Waals surface area contributed by atoms with E-state index in [-0.39, 0.29) is 5.91 Å². The highest BCUT2D eigenvalue weighted by molar-refractivity contribution is 5.97. The predicted octanol–water partition coefficient (Wildman–Crippen LogP) is 4.35. The van der Waals surface area contributed by atoms with Gasteiger partial charge in [-0.15, -0.1) is 0 Å². The summed E-state index contributed by atoms with van der Waals surface area (Å²) in [4.78, 5) is 21.1. The number of rotatable bonds is 5. The minimum atomic E-state index is -0.156. The third-order valence-corrected chi connectivity index (χ3v) is 4.04. The van der Waals surface area contributed by atoms with Crippen molar-refractivity contribution >= 4 is 16.8 Å². The summed E-state index contributed by atoms with van der Waals surface area (Å²) in [5.41, 5.74) is 2.17. The second kappa shape index (κ2) is 7.66. The molecule has 1 N–H and O–H groups in total. The van der Waals surface area contributed by atoms with Crippen LogP contribution in [0.4, 0.5) is 0 Å². The molecular weight excluding hydrogens is 338 g/mol. The molecule has 0 radical (unpaired) electrons. The monoisotopic (exact) mass is 355 g/mol. The zero-order valence-corrected chi connectivity index (χ0v) is 14.5. The minimum absolute atomic E-state index is 0.156. The van der Waals surface area contributed by atoms with Gasteiger partial charge in [0.2, 0.25) is 5.88 Å². The Labute approximate surface area is 156 Å². The van der Waals surface area contributed by atoms with Gasteiger partial charge in [0.25, 0.3) is 5.91 Å². The lowest BCUT2D eigenvalue weighted by molar-refractivity contribution is 0.0950. The molecule has 0 saturated heterocycles. The fourth-order valence-corrected chi connectivity index (χ4v) is 2.71. The average molecular weight is 355 g/mol. The molecule has 0 atom stereocenters. The zero-order valence-electron chi connectivity index (χ0n) is 14.5. The number of para-hydroxylation sites is 1. The molecule has 2 aromatic carbocycles. The third kappa shape index (κ3) is 4.10. The summed E-state index contributed by atoms with van der Waals surface area (Å²) in [6, 6.07) is 24.2. The number of benzene rings is 2. The van der Waals surface area contributed by atoms with Crippen LogP contribution in [0.3, 0.4) is 0 Å². The number of amides is 1. The number of nitrogens with one attached hydrogen (secondary N) is 1. The smallest absolute Gasteiger partial charge is 0.251 e. The SMILES string of the molecule is O=C(NCc1cccc(Oc2ccccc2)n1)c1ccc2ncccc2c1. The maximum atomic E-state index is 12.4. The van der Waals surface area contributed by atoms with Crippen molar-refractivity contribution in [3.8, 4) is 11.6 Å². The fraction of sp³-hybridized carbons (Fsp3) is 0.0455. The van der Waals surface area contributed by atoms with Crippen molar-refractivity contribution in [3.63, 3.8) is 0 Å². The normalized spacial score (nSPS) is 10.5. The van der Waals surface area contributed by atoms with Gasteiger partial charge >= 0.3 is 0 Å². The second-order valence-electron chi connectivity index (χ2n) is 5.98. The Kier molecular flexibility index (Phi) is 4.74. The molecular formula is C22H17N3O2. The lowest BCUT2D eigenvalue weighted by Crippen LogP contribution is -2.23. The summed E-state index contributed by atoms with van der Waals surface area (Å²) in [5.74, 6) is 1.05. The topological polar surface area (TPSA) is 64.1 Å². The molecule has 0 spiro atoms. The van der Waals surface area contributed by atoms with Crippen molar-refractivity contribution in [3.05, 3.63) is 96.3 Å². The Bertz CT molecular complexity index is 1080. The van der Waals surface area contributed by atoms with Crippen LogP contribution in [0.15, 0.2) is 85.1 Å². The van der Waals surface area contributed by atoms with Crippen molar-refractivity contribution in [2.75, 3.05) is 0 Å². The first-order valence-corrected chi connectivity index (χ1v) is 8.60. The van der Waals surface area contributed by atoms with Crippen LogP contribution in [-0.4, -0.2) is 15.9 Å². The van der Waals surface area contributed by atoms with E-state index >= 15 is 0 Å². The number of aromatic nitrogens is 2. The zero-order chi connectivity index (χ0) is 18.5. The minimum Gasteiger partial charge on any atom is -0.439 e. The molecule has 0 aliphatic rings. The van der Waals surface area contributed by atoms with E-state index in [1.807, 2.05) is 66.7 Å². The number of hydrogen-bond donors (Lipinski definition) is 1. The fourth-order valence-electron chi connectivity index (χ4n) is 2.71. The van der Waals surface area contributed by atoms with E-state index in [1.54, 1.807) is 18.3 Å². The molecule has 4 aromatic rings. The maximum absolute atomic E-state index is 12.4. The van der Waals surface area contributed by atoms with E-state index < -0.39 is 0 Å². The van der Waals surface area contributed by atoms with E-state index in [0.29, 0.717) is 18.0 Å². The molecule has 0 fully saturated rings. The number of nitrogens with zero attached hydrogens (tertiary/aromatic N) is 2. The van der Waals surface area contributed by atoms with Crippen LogP contribution in [-0.2, 0) is 6.54 Å². The van der Waals surface area contributed by atoms with Gasteiger partial charge in [0, 0.05) is 23.2 Å². The predicted molar refractivity (Wildman–Crippen MR) is 104 cm³/mol. The van der Waals surface area contributed by atoms with Crippen LogP contribution in [0.25, 0.3) is 10.9 Å². The van der Waals surface area contributed by atoms with Gasteiger partial charge in [0.15, 0.2) is 0 Å². The van der Waals surface area contributed by atoms with Gasteiger partial charge in [-0.2, -0.15) is 0 Å². The van der Waals surface area contributed by atoms with Gasteiger partial charge in [0.05, 0.1) is 17.8 Å². The average Bonchev–Trinajstić information content (AvgIpc) is 2.73. The van der Waals surface area contributed by atoms with Crippen LogP contribution < -0.4 is 10.1 Å². The van der Waals surface area contributed by atoms with E-state index in [0.717, 1.165) is 22.3 Å². The van der Waals surface area contributed by atoms with Gasteiger partial charge in [-0.3, -0.25) is 9.78 Å². The molecule has 132 valence electrons. The quantitative estimate of drug-likeness (QED) is 0.578. The Balaban J connectivity index is 1.43. The number of fused-ring (bicyclic) bond motifs is 1. The van der Waals surface area contributed by atoms with Gasteiger partial charge in [-0.25, -0.2) is 4.98 Å². The molecule has 0 aliphatic carbocycles. The van der Waals surface area contributed by atoms with Crippen molar-refractivity contribution in [2.24, 2.45) is 0 Å². The number of carbonyl (C=O) groups excluding carboxylic acids is 1. The lowest BCUT2D eigenvalue weighted by Gasteiger charge is -2.08. The van der Waals surface area contributed by atoms with Gasteiger partial charge < -0.3 is 10.1 Å². The highest BCUT2D eigenvalue weighted by Gasteiger charge is 2.08. The standard InChI is InChI=1S/C22H17N3O2/c26-22(17-11-12-20-16(14-17)6-5-13-23-20)24-15-18-7-4-10-21(25-18)27-19-8-2-1-3-9-19/h1-14H,15H2,(H,24,26). The van der Waals surface area contributed by atoms with Crippen LogP contribution in [0, 0.1) is 0 Å². The Morgan fingerprint density at radius 1 is 0.926 bits per heavy atom. The van der Waals surface area contributed by atoms with Gasteiger partial charge in [0.1, 0.15) is 5.75 Å². The largest absolute Gasteiger partial charge is 0.439 e. The van der Waals surface area contributed by atoms with Gasteiger partial charge in [-0.1, -0.05) is 30.3 Å². The molecule has 0 bridgehead atoms. The van der Waals surface area contributed by atoms with Crippen molar-refractivity contribution in [1.29, 1.82) is 0 Å². The Morgan fingerprint density at radius 3 is 2.70 bits per heavy atom. The Hall–Kier alpha value is -3.73. The molecule has 2 aromatic heterocycles. The van der Waals surface area contributed by atoms with E-state index in [1.165, 1.54) is 0 Å². The van der Waals surface area contributed by atoms with Crippen LogP contribution in [0.1, 0.15) is 16.1 Å². The third-order valence-electron chi connectivity index (χ3n) is 4.04. The molecule has 2 heterocycles. The summed E-state index contributed by atoms with van der Waals surface area (Å²) >= 11 is 0. The van der Waals surface area contributed by atoms with Crippen LogP contribution in [0.5, 0.6) is 11.6 Å². The molecule has 0 unspecified atom stereocenters. The summed E-state index contributed by atoms with van der Waals surface area (Å²) in [7, 11) is 0. The van der Waals surface area contributed by atoms with E-state index in [4.69, 9.17) is 4.74 Å². The molecule has 5 heteroatoms. The van der Waals surface area contributed by atoms with Crippen molar-refractivity contribution in [1.82, 2.24) is 15.3 Å². The molecule has 0 aliphatic heterocycles. The molecule has 0 saturated carbocycles. The summed E-state index contributed by atoms with van der Waals surface area (Å²) in [6.07, 6.45) is 1.73. The first-order valence-electron chi connectivity index (χ1n) is 8.60. The highest BCUT2D eigenvalue weighted by Crippen LogP contribution is 2.19. The molecule has 1 amide bonds. The maximum Gasteiger partial charge on any atom is 0.251 e. The van der Waals surface area contributed by atoms with Crippen LogP contribution >= 0.6 is 0 Å². The first-order chi connectivity index (χ1) is 13.3. The Morgan fingerprint density at radius 2 is 1.81 bits per heavy atom. The first kappa shape index (κ1) is 16.7. The van der Waals surface area contributed by atoms with Crippen molar-refractivity contribution < 1.29 is 9.53 Å². The van der Waals surface area contributed by atoms with Crippen LogP contribution in [0.2, 0.25) is 0 Å². The lowest BCUT2D eigenvalue weighted by atomic mass is 10.1. The summed E-state index contributed by atoms with van der Waals surface area (Å²) in [6.45, 7) is 0.315. The number of hydrogen-bond acceptors (Lipinski definition) is 4. The van der Waals surface area contributed by atoms with Gasteiger partial charge in [-0.05, 0) is 42.5 Å². The van der Waals surface area contributed by atoms with E-state index in [9.17, 15) is 4.79 Å². The second-order valence-corrected chi connectivity index (χ2v) is 5.98. The number of pyridine rings is 2.